The number of rotatable bonds is 6. The van der Waals surface area contributed by atoms with Gasteiger partial charge in [-0.3, -0.25) is 9.59 Å². The normalized spacial score (nSPS) is 15.9. The molecule has 0 radical (unpaired) electrons. The van der Waals surface area contributed by atoms with E-state index in [-0.39, 0.29) is 36.2 Å². The summed E-state index contributed by atoms with van der Waals surface area (Å²) in [6, 6.07) is 7.31. The first-order valence-electron chi connectivity index (χ1n) is 8.51. The van der Waals surface area contributed by atoms with Crippen molar-refractivity contribution in [1.29, 1.82) is 0 Å². The summed E-state index contributed by atoms with van der Waals surface area (Å²) in [5, 5.41) is 5.81. The van der Waals surface area contributed by atoms with Crippen LogP contribution in [0.25, 0.3) is 0 Å². The minimum atomic E-state index is -0.0574. The van der Waals surface area contributed by atoms with E-state index < -0.39 is 0 Å². The minimum absolute atomic E-state index is 0. The predicted molar refractivity (Wildman–Crippen MR) is 100 cm³/mol. The Hall–Kier alpha value is -1.59. The van der Waals surface area contributed by atoms with Gasteiger partial charge in [0.2, 0.25) is 11.8 Å². The molecule has 1 aromatic carbocycles. The van der Waals surface area contributed by atoms with Crippen LogP contribution in [0.1, 0.15) is 51.9 Å². The molecule has 134 valence electrons. The van der Waals surface area contributed by atoms with Gasteiger partial charge in [0.25, 0.3) is 0 Å². The van der Waals surface area contributed by atoms with Gasteiger partial charge in [-0.15, -0.1) is 12.4 Å². The van der Waals surface area contributed by atoms with Gasteiger partial charge >= 0.3 is 0 Å². The van der Waals surface area contributed by atoms with Crippen LogP contribution in [0.2, 0.25) is 0 Å². The molecule has 1 aliphatic rings. The molecule has 24 heavy (non-hydrogen) atoms. The molecule has 6 heteroatoms. The van der Waals surface area contributed by atoms with Gasteiger partial charge in [-0.2, -0.15) is 0 Å². The lowest BCUT2D eigenvalue weighted by Crippen LogP contribution is -2.24. The summed E-state index contributed by atoms with van der Waals surface area (Å²) < 4.78 is 0. The highest BCUT2D eigenvalue weighted by Gasteiger charge is 2.21. The molecular formula is C18H28ClN3O2. The molecule has 0 aliphatic heterocycles. The lowest BCUT2D eigenvalue weighted by molar-refractivity contribution is -0.120. The van der Waals surface area contributed by atoms with E-state index in [9.17, 15) is 9.59 Å². The highest BCUT2D eigenvalue weighted by Crippen LogP contribution is 2.25. The number of hydrogen-bond acceptors (Lipinski definition) is 3. The lowest BCUT2D eigenvalue weighted by atomic mass is 9.88. The Morgan fingerprint density at radius 2 is 1.79 bits per heavy atom. The Morgan fingerprint density at radius 3 is 2.42 bits per heavy atom. The van der Waals surface area contributed by atoms with Crippen molar-refractivity contribution in [3.8, 4) is 0 Å². The smallest absolute Gasteiger partial charge is 0.227 e. The molecule has 1 saturated carbocycles. The Bertz CT molecular complexity index is 543. The minimum Gasteiger partial charge on any atom is -0.328 e. The molecule has 1 fully saturated rings. The van der Waals surface area contributed by atoms with Crippen molar-refractivity contribution in [2.45, 2.75) is 57.9 Å². The van der Waals surface area contributed by atoms with Gasteiger partial charge in [-0.05, 0) is 44.4 Å². The number of carbonyl (C=O) groups is 2. The molecule has 2 amide bonds. The summed E-state index contributed by atoms with van der Waals surface area (Å²) in [6.07, 6.45) is 6.49. The van der Waals surface area contributed by atoms with Crippen molar-refractivity contribution in [3.05, 3.63) is 24.3 Å². The van der Waals surface area contributed by atoms with Gasteiger partial charge in [0.1, 0.15) is 0 Å². The average Bonchev–Trinajstić information content (AvgIpc) is 2.54. The summed E-state index contributed by atoms with van der Waals surface area (Å²) in [6.45, 7) is 1.88. The molecule has 1 aliphatic carbocycles. The standard InChI is InChI=1S/C18H27N3O2.ClH/c1-13(19)10-11-17(22)20-15-8-5-9-16(12-15)21-18(23)14-6-3-2-4-7-14;/h5,8-9,12-14H,2-4,6-7,10-11,19H2,1H3,(H,20,22)(H,21,23);1H. The second-order valence-corrected chi connectivity index (χ2v) is 6.47. The van der Waals surface area contributed by atoms with Crippen LogP contribution >= 0.6 is 12.4 Å². The van der Waals surface area contributed by atoms with Gasteiger partial charge in [-0.1, -0.05) is 25.3 Å². The maximum atomic E-state index is 12.3. The number of carbonyl (C=O) groups excluding carboxylic acids is 2. The Kier molecular flexibility index (Phi) is 8.79. The Labute approximate surface area is 150 Å². The van der Waals surface area contributed by atoms with Crippen LogP contribution in [0.3, 0.4) is 0 Å². The maximum absolute atomic E-state index is 12.3. The first-order valence-corrected chi connectivity index (χ1v) is 8.51. The van der Waals surface area contributed by atoms with Gasteiger partial charge in [0.05, 0.1) is 0 Å². The average molecular weight is 354 g/mol. The molecule has 0 bridgehead atoms. The van der Waals surface area contributed by atoms with Crippen molar-refractivity contribution < 1.29 is 9.59 Å². The number of hydrogen-bond donors (Lipinski definition) is 3. The van der Waals surface area contributed by atoms with Crippen molar-refractivity contribution in [2.24, 2.45) is 11.7 Å². The number of benzene rings is 1. The number of nitrogens with one attached hydrogen (secondary N) is 2. The molecule has 0 heterocycles. The zero-order valence-corrected chi connectivity index (χ0v) is 15.0. The van der Waals surface area contributed by atoms with Crippen molar-refractivity contribution in [2.75, 3.05) is 10.6 Å². The molecule has 0 spiro atoms. The Balaban J connectivity index is 0.00000288. The van der Waals surface area contributed by atoms with Crippen molar-refractivity contribution in [3.63, 3.8) is 0 Å². The largest absolute Gasteiger partial charge is 0.328 e. The summed E-state index contributed by atoms with van der Waals surface area (Å²) in [4.78, 5) is 24.1. The van der Waals surface area contributed by atoms with E-state index in [1.165, 1.54) is 6.42 Å². The summed E-state index contributed by atoms with van der Waals surface area (Å²) in [5.41, 5.74) is 7.08. The monoisotopic (exact) mass is 353 g/mol. The van der Waals surface area contributed by atoms with Crippen LogP contribution in [-0.2, 0) is 9.59 Å². The van der Waals surface area contributed by atoms with E-state index >= 15 is 0 Å². The summed E-state index contributed by atoms with van der Waals surface area (Å²) in [5.74, 6) is 0.149. The van der Waals surface area contributed by atoms with Gasteiger partial charge in [0.15, 0.2) is 0 Å². The van der Waals surface area contributed by atoms with E-state index in [1.807, 2.05) is 25.1 Å². The van der Waals surface area contributed by atoms with Gasteiger partial charge in [-0.25, -0.2) is 0 Å². The molecule has 2 rings (SSSR count). The van der Waals surface area contributed by atoms with Crippen LogP contribution < -0.4 is 16.4 Å². The van der Waals surface area contributed by atoms with Crippen molar-refractivity contribution >= 4 is 35.6 Å². The highest BCUT2D eigenvalue weighted by molar-refractivity contribution is 5.95. The predicted octanol–water partition coefficient (Wildman–Crippen LogP) is 3.69. The number of halogens is 1. The van der Waals surface area contributed by atoms with Crippen LogP contribution in [-0.4, -0.2) is 17.9 Å². The lowest BCUT2D eigenvalue weighted by Gasteiger charge is -2.20. The van der Waals surface area contributed by atoms with Crippen molar-refractivity contribution in [1.82, 2.24) is 0 Å². The summed E-state index contributed by atoms with van der Waals surface area (Å²) in [7, 11) is 0. The molecule has 1 atom stereocenters. The zero-order valence-electron chi connectivity index (χ0n) is 14.2. The highest BCUT2D eigenvalue weighted by atomic mass is 35.5. The molecular weight excluding hydrogens is 326 g/mol. The Morgan fingerprint density at radius 1 is 1.17 bits per heavy atom. The third-order valence-corrected chi connectivity index (χ3v) is 4.22. The van der Waals surface area contributed by atoms with Crippen LogP contribution in [0.15, 0.2) is 24.3 Å². The maximum Gasteiger partial charge on any atom is 0.227 e. The fourth-order valence-electron chi connectivity index (χ4n) is 2.87. The SMILES string of the molecule is CC(N)CCC(=O)Nc1cccc(NC(=O)C2CCCCC2)c1.Cl. The molecule has 0 saturated heterocycles. The molecule has 5 nitrogen and oxygen atoms in total. The quantitative estimate of drug-likeness (QED) is 0.729. The van der Waals surface area contributed by atoms with Crippen LogP contribution in [0.5, 0.6) is 0 Å². The van der Waals surface area contributed by atoms with Crippen LogP contribution in [0.4, 0.5) is 11.4 Å². The fraction of sp³-hybridized carbons (Fsp3) is 0.556. The number of nitrogens with two attached hydrogens (primary N) is 1. The molecule has 0 aromatic heterocycles. The zero-order chi connectivity index (χ0) is 16.7. The van der Waals surface area contributed by atoms with E-state index in [0.717, 1.165) is 31.4 Å². The van der Waals surface area contributed by atoms with E-state index in [1.54, 1.807) is 6.07 Å². The van der Waals surface area contributed by atoms with Gasteiger partial charge in [0, 0.05) is 29.8 Å². The first kappa shape index (κ1) is 20.5. The summed E-state index contributed by atoms with van der Waals surface area (Å²) >= 11 is 0. The second kappa shape index (κ2) is 10.3. The molecule has 4 N–H and O–H groups in total. The number of anilines is 2. The van der Waals surface area contributed by atoms with E-state index in [0.29, 0.717) is 18.5 Å². The second-order valence-electron chi connectivity index (χ2n) is 6.47. The number of amides is 2. The first-order chi connectivity index (χ1) is 11.0. The topological polar surface area (TPSA) is 84.2 Å². The third kappa shape index (κ3) is 6.89. The van der Waals surface area contributed by atoms with Crippen LogP contribution in [0, 0.1) is 5.92 Å². The third-order valence-electron chi connectivity index (χ3n) is 4.22. The fourth-order valence-corrected chi connectivity index (χ4v) is 2.87. The van der Waals surface area contributed by atoms with E-state index in [4.69, 9.17) is 5.73 Å². The van der Waals surface area contributed by atoms with E-state index in [2.05, 4.69) is 10.6 Å². The molecule has 1 aromatic rings. The van der Waals surface area contributed by atoms with Gasteiger partial charge < -0.3 is 16.4 Å². The molecule has 1 unspecified atom stereocenters.